The SMILES string of the molecule is CC(=O)c1ccc(OS(=O)(=O)C(F)(F)F)c2cccn12. The van der Waals surface area contributed by atoms with Crippen molar-refractivity contribution in [1.29, 1.82) is 0 Å². The maximum absolute atomic E-state index is 12.3. The van der Waals surface area contributed by atoms with Gasteiger partial charge in [-0.2, -0.15) is 21.6 Å². The number of carbonyl (C=O) groups excluding carboxylic acids is 1. The number of hydrogen-bond donors (Lipinski definition) is 0. The summed E-state index contributed by atoms with van der Waals surface area (Å²) in [5.74, 6) is -0.825. The molecular formula is C11H8F3NO4S. The fraction of sp³-hybridized carbons (Fsp3) is 0.182. The minimum absolute atomic E-state index is 0.0468. The van der Waals surface area contributed by atoms with E-state index in [9.17, 15) is 26.4 Å². The number of Topliss-reactive ketones (excluding diaryl/α,β-unsaturated/α-hetero) is 1. The van der Waals surface area contributed by atoms with E-state index in [1.807, 2.05) is 0 Å². The number of alkyl halides is 3. The predicted octanol–water partition coefficient (Wildman–Crippen LogP) is 2.37. The third-order valence-electron chi connectivity index (χ3n) is 2.50. The van der Waals surface area contributed by atoms with Crippen molar-refractivity contribution in [3.8, 4) is 5.75 Å². The van der Waals surface area contributed by atoms with Gasteiger partial charge >= 0.3 is 15.6 Å². The summed E-state index contributed by atoms with van der Waals surface area (Å²) in [4.78, 5) is 11.4. The van der Waals surface area contributed by atoms with Crippen molar-refractivity contribution in [1.82, 2.24) is 4.40 Å². The quantitative estimate of drug-likeness (QED) is 0.496. The fourth-order valence-electron chi connectivity index (χ4n) is 1.63. The normalized spacial score (nSPS) is 12.6. The zero-order chi connectivity index (χ0) is 15.1. The van der Waals surface area contributed by atoms with Gasteiger partial charge in [0.1, 0.15) is 0 Å². The standard InChI is InChI=1S/C11H8F3NO4S/c1-7(16)8-4-5-10(9-3-2-6-15(8)9)19-20(17,18)11(12,13)14/h2-6H,1H3. The summed E-state index contributed by atoms with van der Waals surface area (Å²) >= 11 is 0. The minimum Gasteiger partial charge on any atom is -0.374 e. The average Bonchev–Trinajstić information content (AvgIpc) is 2.76. The van der Waals surface area contributed by atoms with E-state index in [0.717, 1.165) is 6.07 Å². The van der Waals surface area contributed by atoms with Crippen molar-refractivity contribution in [3.63, 3.8) is 0 Å². The van der Waals surface area contributed by atoms with Crippen LogP contribution in [0.2, 0.25) is 0 Å². The number of carbonyl (C=O) groups is 1. The number of pyridine rings is 1. The molecule has 0 radical (unpaired) electrons. The van der Waals surface area contributed by atoms with Gasteiger partial charge in [0, 0.05) is 13.1 Å². The molecule has 2 aromatic rings. The largest absolute Gasteiger partial charge is 0.534 e. The van der Waals surface area contributed by atoms with Crippen molar-refractivity contribution >= 4 is 21.4 Å². The summed E-state index contributed by atoms with van der Waals surface area (Å²) in [6, 6.07) is 4.99. The molecule has 108 valence electrons. The van der Waals surface area contributed by atoms with E-state index >= 15 is 0 Å². The van der Waals surface area contributed by atoms with Crippen molar-refractivity contribution in [3.05, 3.63) is 36.2 Å². The lowest BCUT2D eigenvalue weighted by Crippen LogP contribution is -2.28. The molecule has 5 nitrogen and oxygen atoms in total. The van der Waals surface area contributed by atoms with Gasteiger partial charge in [-0.1, -0.05) is 0 Å². The molecule has 0 aliphatic heterocycles. The molecule has 0 bridgehead atoms. The van der Waals surface area contributed by atoms with Crippen LogP contribution in [0, 0.1) is 0 Å². The highest BCUT2D eigenvalue weighted by atomic mass is 32.2. The Morgan fingerprint density at radius 3 is 2.45 bits per heavy atom. The van der Waals surface area contributed by atoms with Crippen molar-refractivity contribution in [2.45, 2.75) is 12.4 Å². The van der Waals surface area contributed by atoms with Gasteiger partial charge in [-0.25, -0.2) is 0 Å². The van der Waals surface area contributed by atoms with Crippen LogP contribution in [0.5, 0.6) is 5.75 Å². The van der Waals surface area contributed by atoms with Gasteiger partial charge in [0.05, 0.1) is 11.2 Å². The maximum atomic E-state index is 12.3. The summed E-state index contributed by atoms with van der Waals surface area (Å²) < 4.78 is 64.1. The Morgan fingerprint density at radius 2 is 1.90 bits per heavy atom. The molecule has 0 aliphatic carbocycles. The van der Waals surface area contributed by atoms with Crippen LogP contribution in [0.4, 0.5) is 13.2 Å². The second kappa shape index (κ2) is 4.51. The van der Waals surface area contributed by atoms with Gasteiger partial charge in [-0.3, -0.25) is 4.79 Å². The molecule has 0 aliphatic rings. The number of hydrogen-bond acceptors (Lipinski definition) is 4. The molecule has 0 unspecified atom stereocenters. The first kappa shape index (κ1) is 14.4. The molecule has 0 saturated heterocycles. The third kappa shape index (κ3) is 2.36. The van der Waals surface area contributed by atoms with E-state index in [1.54, 1.807) is 0 Å². The highest BCUT2D eigenvalue weighted by Crippen LogP contribution is 2.30. The monoisotopic (exact) mass is 307 g/mol. The van der Waals surface area contributed by atoms with Gasteiger partial charge in [0.15, 0.2) is 11.5 Å². The molecule has 0 spiro atoms. The van der Waals surface area contributed by atoms with Crippen LogP contribution >= 0.6 is 0 Å². The molecule has 20 heavy (non-hydrogen) atoms. The van der Waals surface area contributed by atoms with Gasteiger partial charge in [0.25, 0.3) is 0 Å². The zero-order valence-corrected chi connectivity index (χ0v) is 10.8. The molecular weight excluding hydrogens is 299 g/mol. The molecule has 2 aromatic heterocycles. The van der Waals surface area contributed by atoms with Gasteiger partial charge < -0.3 is 8.58 Å². The molecule has 0 fully saturated rings. The summed E-state index contributed by atoms with van der Waals surface area (Å²) in [6.45, 7) is 1.28. The number of rotatable bonds is 3. The number of fused-ring (bicyclic) bond motifs is 1. The Hall–Kier alpha value is -2.03. The van der Waals surface area contributed by atoms with Gasteiger partial charge in [-0.15, -0.1) is 0 Å². The Balaban J connectivity index is 2.56. The van der Waals surface area contributed by atoms with E-state index in [-0.39, 0.29) is 17.0 Å². The fourth-order valence-corrected chi connectivity index (χ4v) is 2.11. The molecule has 9 heteroatoms. The summed E-state index contributed by atoms with van der Waals surface area (Å²) in [6.07, 6.45) is 1.42. The van der Waals surface area contributed by atoms with Crippen LogP contribution in [0.1, 0.15) is 17.4 Å². The maximum Gasteiger partial charge on any atom is 0.534 e. The summed E-state index contributed by atoms with van der Waals surface area (Å²) in [5, 5.41) is 0. The van der Waals surface area contributed by atoms with Gasteiger partial charge in [0.2, 0.25) is 0 Å². The van der Waals surface area contributed by atoms with Crippen LogP contribution in [0.15, 0.2) is 30.5 Å². The molecule has 0 amide bonds. The second-order valence-electron chi connectivity index (χ2n) is 3.89. The Morgan fingerprint density at radius 1 is 1.25 bits per heavy atom. The van der Waals surface area contributed by atoms with Crippen LogP contribution in [0.25, 0.3) is 5.52 Å². The topological polar surface area (TPSA) is 64.9 Å². The Labute approximate surface area is 111 Å². The van der Waals surface area contributed by atoms with Crippen molar-refractivity contribution in [2.75, 3.05) is 0 Å². The Kier molecular flexibility index (Phi) is 3.24. The number of nitrogens with zero attached hydrogens (tertiary/aromatic N) is 1. The lowest BCUT2D eigenvalue weighted by Gasteiger charge is -2.11. The van der Waals surface area contributed by atoms with Crippen LogP contribution in [-0.4, -0.2) is 24.1 Å². The predicted molar refractivity (Wildman–Crippen MR) is 63.0 cm³/mol. The number of aromatic nitrogens is 1. The lowest BCUT2D eigenvalue weighted by molar-refractivity contribution is -0.0499. The first-order valence-corrected chi connectivity index (χ1v) is 6.66. The third-order valence-corrected chi connectivity index (χ3v) is 3.46. The second-order valence-corrected chi connectivity index (χ2v) is 5.42. The van der Waals surface area contributed by atoms with Gasteiger partial charge in [-0.05, 0) is 24.3 Å². The first-order chi connectivity index (χ1) is 9.13. The van der Waals surface area contributed by atoms with E-state index < -0.39 is 21.4 Å². The minimum atomic E-state index is -5.75. The van der Waals surface area contributed by atoms with Crippen LogP contribution in [0.3, 0.4) is 0 Å². The van der Waals surface area contributed by atoms with E-state index in [1.165, 1.54) is 35.7 Å². The van der Waals surface area contributed by atoms with E-state index in [4.69, 9.17) is 0 Å². The lowest BCUT2D eigenvalue weighted by atomic mass is 10.2. The molecule has 0 N–H and O–H groups in total. The summed E-state index contributed by atoms with van der Waals surface area (Å²) in [7, 11) is -5.75. The molecule has 2 rings (SSSR count). The zero-order valence-electron chi connectivity index (χ0n) is 10.0. The first-order valence-electron chi connectivity index (χ1n) is 5.25. The van der Waals surface area contributed by atoms with Crippen LogP contribution in [-0.2, 0) is 10.1 Å². The van der Waals surface area contributed by atoms with Crippen LogP contribution < -0.4 is 4.18 Å². The highest BCUT2D eigenvalue weighted by molar-refractivity contribution is 7.88. The summed E-state index contributed by atoms with van der Waals surface area (Å²) in [5.41, 5.74) is -5.28. The van der Waals surface area contributed by atoms with Crippen molar-refractivity contribution in [2.24, 2.45) is 0 Å². The van der Waals surface area contributed by atoms with Crippen molar-refractivity contribution < 1.29 is 30.6 Å². The molecule has 0 atom stereocenters. The Bertz CT molecular complexity index is 777. The molecule has 0 aromatic carbocycles. The highest BCUT2D eigenvalue weighted by Gasteiger charge is 2.48. The van der Waals surface area contributed by atoms with E-state index in [0.29, 0.717) is 0 Å². The average molecular weight is 307 g/mol. The molecule has 0 saturated carbocycles. The number of ketones is 1. The molecule has 2 heterocycles. The number of halogens is 3. The smallest absolute Gasteiger partial charge is 0.374 e. The van der Waals surface area contributed by atoms with E-state index in [2.05, 4.69) is 4.18 Å².